The molecule has 1 aromatic heterocycles. The van der Waals surface area contributed by atoms with Gasteiger partial charge in [-0.15, -0.1) is 0 Å². The molecule has 1 amide bonds. The molecule has 0 atom stereocenters. The van der Waals surface area contributed by atoms with Crippen LogP contribution in [-0.4, -0.2) is 28.0 Å². The number of ether oxygens (including phenoxy) is 1. The number of benzene rings is 2. The Labute approximate surface area is 171 Å². The van der Waals surface area contributed by atoms with Crippen molar-refractivity contribution in [3.8, 4) is 0 Å². The molecule has 8 heteroatoms. The lowest BCUT2D eigenvalue weighted by molar-refractivity contribution is -0.137. The second-order valence-corrected chi connectivity index (χ2v) is 6.43. The van der Waals surface area contributed by atoms with E-state index in [1.54, 1.807) is 61.5 Å². The van der Waals surface area contributed by atoms with Crippen LogP contribution in [0.1, 0.15) is 18.9 Å². The predicted octanol–water partition coefficient (Wildman–Crippen LogP) is 2.29. The molecule has 0 unspecified atom stereocenters. The lowest BCUT2D eigenvalue weighted by Gasteiger charge is -2.10. The summed E-state index contributed by atoms with van der Waals surface area (Å²) in [5.74, 6) is -0.688. The zero-order chi connectivity index (χ0) is 21.5. The van der Waals surface area contributed by atoms with Crippen molar-refractivity contribution in [2.24, 2.45) is 0 Å². The summed E-state index contributed by atoms with van der Waals surface area (Å²) in [5, 5.41) is 3.15. The minimum atomic E-state index is -0.552. The van der Waals surface area contributed by atoms with Crippen LogP contribution >= 0.6 is 0 Å². The number of aromatic nitrogens is 2. The summed E-state index contributed by atoms with van der Waals surface area (Å²) >= 11 is 0. The number of fused-ring (bicyclic) bond motifs is 1. The number of para-hydroxylation sites is 1. The fourth-order valence-corrected chi connectivity index (χ4v) is 2.93. The Morgan fingerprint density at radius 1 is 1.10 bits per heavy atom. The molecule has 0 saturated carbocycles. The zero-order valence-corrected chi connectivity index (χ0v) is 16.4. The number of nitrogens with zero attached hydrogens (tertiary/aromatic N) is 1. The van der Waals surface area contributed by atoms with Crippen LogP contribution in [0.15, 0.2) is 64.2 Å². The van der Waals surface area contributed by atoms with Crippen LogP contribution in [-0.2, 0) is 20.9 Å². The highest BCUT2D eigenvalue weighted by molar-refractivity contribution is 5.91. The van der Waals surface area contributed by atoms with Gasteiger partial charge < -0.3 is 10.1 Å². The van der Waals surface area contributed by atoms with Crippen LogP contribution in [0.5, 0.6) is 0 Å². The summed E-state index contributed by atoms with van der Waals surface area (Å²) in [7, 11) is 0. The Morgan fingerprint density at radius 2 is 1.83 bits per heavy atom. The Morgan fingerprint density at radius 3 is 2.57 bits per heavy atom. The van der Waals surface area contributed by atoms with E-state index in [2.05, 4.69) is 10.3 Å². The maximum atomic E-state index is 12.3. The third-order valence-corrected chi connectivity index (χ3v) is 4.36. The van der Waals surface area contributed by atoms with Gasteiger partial charge in [0.2, 0.25) is 5.91 Å². The average Bonchev–Trinajstić information content (AvgIpc) is 2.73. The standard InChI is InChI=1S/C22H21N3O5/c1-2-30-20(27)12-9-15-7-10-16(11-8-15)23-19(26)13-14-25-18-6-4-3-5-17(18)21(28)24-22(25)29/h3-12H,2,13-14H2,1H3,(H,23,26)(H,24,28,29)/b12-9+. The van der Waals surface area contributed by atoms with E-state index >= 15 is 0 Å². The molecule has 0 spiro atoms. The van der Waals surface area contributed by atoms with E-state index in [-0.39, 0.29) is 18.9 Å². The third-order valence-electron chi connectivity index (χ3n) is 4.36. The van der Waals surface area contributed by atoms with Gasteiger partial charge in [-0.2, -0.15) is 0 Å². The lowest BCUT2D eigenvalue weighted by atomic mass is 10.2. The zero-order valence-electron chi connectivity index (χ0n) is 16.4. The van der Waals surface area contributed by atoms with Crippen molar-refractivity contribution in [2.75, 3.05) is 11.9 Å². The Kier molecular flexibility index (Phi) is 6.59. The number of esters is 1. The summed E-state index contributed by atoms with van der Waals surface area (Å²) in [5.41, 5.74) is 0.855. The molecule has 154 valence electrons. The fraction of sp³-hybridized carbons (Fsp3) is 0.182. The number of hydrogen-bond donors (Lipinski definition) is 2. The molecule has 0 aliphatic rings. The van der Waals surface area contributed by atoms with Crippen molar-refractivity contribution >= 4 is 34.5 Å². The fourth-order valence-electron chi connectivity index (χ4n) is 2.93. The van der Waals surface area contributed by atoms with Crippen molar-refractivity contribution in [3.63, 3.8) is 0 Å². The van der Waals surface area contributed by atoms with Gasteiger partial charge in [-0.3, -0.25) is 19.1 Å². The van der Waals surface area contributed by atoms with Crippen molar-refractivity contribution in [1.82, 2.24) is 9.55 Å². The molecule has 30 heavy (non-hydrogen) atoms. The number of carbonyl (C=O) groups excluding carboxylic acids is 2. The lowest BCUT2D eigenvalue weighted by Crippen LogP contribution is -2.31. The number of nitrogens with one attached hydrogen (secondary N) is 2. The van der Waals surface area contributed by atoms with E-state index in [0.29, 0.717) is 23.2 Å². The molecule has 1 heterocycles. The maximum absolute atomic E-state index is 12.3. The molecule has 0 saturated heterocycles. The molecule has 0 bridgehead atoms. The van der Waals surface area contributed by atoms with E-state index in [9.17, 15) is 19.2 Å². The summed E-state index contributed by atoms with van der Waals surface area (Å²) in [6, 6.07) is 13.7. The first-order valence-electron chi connectivity index (χ1n) is 9.44. The van der Waals surface area contributed by atoms with Crippen LogP contribution in [0, 0.1) is 0 Å². The first-order chi connectivity index (χ1) is 14.5. The number of H-pyrrole nitrogens is 1. The van der Waals surface area contributed by atoms with Gasteiger partial charge in [-0.05, 0) is 42.8 Å². The molecule has 0 fully saturated rings. The van der Waals surface area contributed by atoms with Gasteiger partial charge in [0, 0.05) is 24.7 Å². The third kappa shape index (κ3) is 5.11. The van der Waals surface area contributed by atoms with Crippen LogP contribution < -0.4 is 16.6 Å². The van der Waals surface area contributed by atoms with Crippen LogP contribution in [0.3, 0.4) is 0 Å². The molecule has 8 nitrogen and oxygen atoms in total. The van der Waals surface area contributed by atoms with E-state index in [1.165, 1.54) is 10.6 Å². The largest absolute Gasteiger partial charge is 0.463 e. The maximum Gasteiger partial charge on any atom is 0.330 e. The Bertz CT molecular complexity index is 1210. The van der Waals surface area contributed by atoms with E-state index < -0.39 is 17.2 Å². The SMILES string of the molecule is CCOC(=O)/C=C/c1ccc(NC(=O)CCn2c(=O)[nH]c(=O)c3ccccc32)cc1. The van der Waals surface area contributed by atoms with E-state index in [0.717, 1.165) is 5.56 Å². The molecule has 0 radical (unpaired) electrons. The second-order valence-electron chi connectivity index (χ2n) is 6.43. The summed E-state index contributed by atoms with van der Waals surface area (Å²) in [6.07, 6.45) is 3.01. The van der Waals surface area contributed by atoms with Crippen molar-refractivity contribution in [3.05, 3.63) is 81.0 Å². The van der Waals surface area contributed by atoms with Gasteiger partial charge in [-0.1, -0.05) is 24.3 Å². The highest BCUT2D eigenvalue weighted by atomic mass is 16.5. The smallest absolute Gasteiger partial charge is 0.330 e. The molecule has 2 aromatic carbocycles. The van der Waals surface area contributed by atoms with Crippen molar-refractivity contribution in [1.29, 1.82) is 0 Å². The normalized spacial score (nSPS) is 11.0. The Hall–Kier alpha value is -3.94. The van der Waals surface area contributed by atoms with Gasteiger partial charge in [-0.25, -0.2) is 9.59 Å². The monoisotopic (exact) mass is 407 g/mol. The number of aryl methyl sites for hydroxylation is 1. The number of amides is 1. The molecule has 2 N–H and O–H groups in total. The minimum absolute atomic E-state index is 0.0560. The number of rotatable bonds is 7. The molecular formula is C22H21N3O5. The Balaban J connectivity index is 1.63. The first-order valence-corrected chi connectivity index (χ1v) is 9.44. The predicted molar refractivity (Wildman–Crippen MR) is 114 cm³/mol. The molecule has 3 aromatic rings. The summed E-state index contributed by atoms with van der Waals surface area (Å²) in [4.78, 5) is 49.9. The number of aromatic amines is 1. The van der Waals surface area contributed by atoms with Gasteiger partial charge >= 0.3 is 11.7 Å². The number of hydrogen-bond acceptors (Lipinski definition) is 5. The molecular weight excluding hydrogens is 386 g/mol. The molecule has 3 rings (SSSR count). The summed E-state index contributed by atoms with van der Waals surface area (Å²) < 4.78 is 6.19. The van der Waals surface area contributed by atoms with E-state index in [4.69, 9.17) is 4.74 Å². The molecule has 0 aliphatic carbocycles. The summed E-state index contributed by atoms with van der Waals surface area (Å²) in [6.45, 7) is 2.18. The topological polar surface area (TPSA) is 110 Å². The van der Waals surface area contributed by atoms with Crippen molar-refractivity contribution in [2.45, 2.75) is 19.9 Å². The quantitative estimate of drug-likeness (QED) is 0.461. The second kappa shape index (κ2) is 9.51. The van der Waals surface area contributed by atoms with Gasteiger partial charge in [0.25, 0.3) is 5.56 Å². The number of anilines is 1. The minimum Gasteiger partial charge on any atom is -0.463 e. The molecule has 0 aliphatic heterocycles. The number of carbonyl (C=O) groups is 2. The van der Waals surface area contributed by atoms with Crippen molar-refractivity contribution < 1.29 is 14.3 Å². The van der Waals surface area contributed by atoms with Gasteiger partial charge in [0.05, 0.1) is 17.5 Å². The van der Waals surface area contributed by atoms with Gasteiger partial charge in [0.15, 0.2) is 0 Å². The van der Waals surface area contributed by atoms with Gasteiger partial charge in [0.1, 0.15) is 0 Å². The van der Waals surface area contributed by atoms with Crippen LogP contribution in [0.4, 0.5) is 5.69 Å². The van der Waals surface area contributed by atoms with Crippen LogP contribution in [0.25, 0.3) is 17.0 Å². The first kappa shape index (κ1) is 20.8. The van der Waals surface area contributed by atoms with Crippen LogP contribution in [0.2, 0.25) is 0 Å². The van der Waals surface area contributed by atoms with E-state index in [1.807, 2.05) is 0 Å². The highest BCUT2D eigenvalue weighted by Gasteiger charge is 2.09. The average molecular weight is 407 g/mol. The highest BCUT2D eigenvalue weighted by Crippen LogP contribution is 2.12.